The molecule has 2 aliphatic rings. The Kier molecular flexibility index (Phi) is 4.11. The van der Waals surface area contributed by atoms with Crippen LogP contribution in [0.2, 0.25) is 0 Å². The van der Waals surface area contributed by atoms with Gasteiger partial charge in [0.1, 0.15) is 0 Å². The van der Waals surface area contributed by atoms with E-state index in [4.69, 9.17) is 14.2 Å². The van der Waals surface area contributed by atoms with Gasteiger partial charge in [-0.05, 0) is 32.3 Å². The van der Waals surface area contributed by atoms with Crippen LogP contribution in [0.25, 0.3) is 0 Å². The van der Waals surface area contributed by atoms with Gasteiger partial charge in [-0.25, -0.2) is 0 Å². The van der Waals surface area contributed by atoms with Gasteiger partial charge in [-0.2, -0.15) is 0 Å². The van der Waals surface area contributed by atoms with E-state index in [1.807, 2.05) is 0 Å². The second kappa shape index (κ2) is 5.84. The molecule has 2 fully saturated rings. The van der Waals surface area contributed by atoms with Crippen molar-refractivity contribution in [2.24, 2.45) is 0 Å². The minimum Gasteiger partial charge on any atom is -0.374 e. The first-order chi connectivity index (χ1) is 9.65. The summed E-state index contributed by atoms with van der Waals surface area (Å²) in [4.78, 5) is 0. The van der Waals surface area contributed by atoms with Crippen LogP contribution in [0.1, 0.15) is 42.4 Å². The number of rotatable bonds is 3. The van der Waals surface area contributed by atoms with Gasteiger partial charge in [0.25, 0.3) is 0 Å². The maximum atomic E-state index is 6.07. The van der Waals surface area contributed by atoms with Gasteiger partial charge in [0, 0.05) is 12.8 Å². The Balaban J connectivity index is 1.50. The van der Waals surface area contributed by atoms with Gasteiger partial charge in [0.2, 0.25) is 0 Å². The summed E-state index contributed by atoms with van der Waals surface area (Å²) in [5, 5.41) is 0. The number of aryl methyl sites for hydroxylation is 2. The Morgan fingerprint density at radius 2 is 1.65 bits per heavy atom. The molecule has 3 rings (SSSR count). The van der Waals surface area contributed by atoms with E-state index in [2.05, 4.69) is 32.0 Å². The summed E-state index contributed by atoms with van der Waals surface area (Å²) in [5.41, 5.74) is 3.88. The van der Waals surface area contributed by atoms with Crippen molar-refractivity contribution in [2.45, 2.75) is 58.0 Å². The average molecular weight is 276 g/mol. The van der Waals surface area contributed by atoms with E-state index in [1.165, 1.54) is 16.7 Å². The van der Waals surface area contributed by atoms with Crippen LogP contribution in [0.15, 0.2) is 18.2 Å². The molecule has 1 heterocycles. The fourth-order valence-corrected chi connectivity index (χ4v) is 3.35. The molecule has 3 heteroatoms. The molecule has 110 valence electrons. The summed E-state index contributed by atoms with van der Waals surface area (Å²) in [5.74, 6) is -0.278. The van der Waals surface area contributed by atoms with Crippen molar-refractivity contribution in [1.82, 2.24) is 0 Å². The summed E-state index contributed by atoms with van der Waals surface area (Å²) >= 11 is 0. The van der Waals surface area contributed by atoms with Crippen LogP contribution in [-0.4, -0.2) is 25.1 Å². The standard InChI is InChI=1S/C17H24O3/c1-13-9-14(2)11-15(10-13)12-18-16-3-5-17(6-4-16)19-7-8-20-17/h9-11,16H,3-8,12H2,1-2H3. The molecule has 1 saturated heterocycles. The first kappa shape index (κ1) is 14.1. The Morgan fingerprint density at radius 1 is 1.05 bits per heavy atom. The Labute approximate surface area is 121 Å². The van der Waals surface area contributed by atoms with Crippen molar-refractivity contribution >= 4 is 0 Å². The Morgan fingerprint density at radius 3 is 2.25 bits per heavy atom. The highest BCUT2D eigenvalue weighted by atomic mass is 16.7. The second-order valence-corrected chi connectivity index (χ2v) is 6.11. The minimum atomic E-state index is -0.278. The van der Waals surface area contributed by atoms with E-state index >= 15 is 0 Å². The third kappa shape index (κ3) is 3.22. The first-order valence-corrected chi connectivity index (χ1v) is 7.62. The molecule has 0 aromatic heterocycles. The summed E-state index contributed by atoms with van der Waals surface area (Å²) in [7, 11) is 0. The number of hydrogen-bond donors (Lipinski definition) is 0. The van der Waals surface area contributed by atoms with Crippen LogP contribution in [0, 0.1) is 13.8 Å². The molecule has 1 aliphatic heterocycles. The maximum absolute atomic E-state index is 6.07. The van der Waals surface area contributed by atoms with Crippen molar-refractivity contribution in [3.63, 3.8) is 0 Å². The molecule has 0 radical (unpaired) electrons. The van der Waals surface area contributed by atoms with Crippen LogP contribution < -0.4 is 0 Å². The molecule has 1 aromatic rings. The highest BCUT2D eigenvalue weighted by Crippen LogP contribution is 2.36. The molecule has 0 bridgehead atoms. The monoisotopic (exact) mass is 276 g/mol. The van der Waals surface area contributed by atoms with Gasteiger partial charge in [-0.3, -0.25) is 0 Å². The fourth-order valence-electron chi connectivity index (χ4n) is 3.35. The lowest BCUT2D eigenvalue weighted by molar-refractivity contribution is -0.192. The molecule has 0 atom stereocenters. The van der Waals surface area contributed by atoms with Crippen molar-refractivity contribution in [2.75, 3.05) is 13.2 Å². The summed E-state index contributed by atoms with van der Waals surface area (Å²) in [6.45, 7) is 6.47. The highest BCUT2D eigenvalue weighted by Gasteiger charge is 2.40. The van der Waals surface area contributed by atoms with E-state index < -0.39 is 0 Å². The first-order valence-electron chi connectivity index (χ1n) is 7.62. The lowest BCUT2D eigenvalue weighted by Gasteiger charge is -2.35. The summed E-state index contributed by atoms with van der Waals surface area (Å²) < 4.78 is 17.6. The molecule has 0 N–H and O–H groups in total. The molecule has 0 unspecified atom stereocenters. The minimum absolute atomic E-state index is 0.278. The molecule has 1 spiro atoms. The Hall–Kier alpha value is -0.900. The Bertz CT molecular complexity index is 433. The predicted molar refractivity (Wildman–Crippen MR) is 77.6 cm³/mol. The van der Waals surface area contributed by atoms with E-state index in [9.17, 15) is 0 Å². The van der Waals surface area contributed by atoms with Crippen LogP contribution in [0.3, 0.4) is 0 Å². The van der Waals surface area contributed by atoms with Crippen LogP contribution >= 0.6 is 0 Å². The zero-order valence-electron chi connectivity index (χ0n) is 12.5. The predicted octanol–water partition coefficient (Wildman–Crippen LogP) is 3.51. The smallest absolute Gasteiger partial charge is 0.168 e. The molecule has 3 nitrogen and oxygen atoms in total. The van der Waals surface area contributed by atoms with Gasteiger partial charge >= 0.3 is 0 Å². The van der Waals surface area contributed by atoms with E-state index in [0.29, 0.717) is 12.7 Å². The number of benzene rings is 1. The van der Waals surface area contributed by atoms with Crippen molar-refractivity contribution in [1.29, 1.82) is 0 Å². The molecular formula is C17H24O3. The third-order valence-electron chi connectivity index (χ3n) is 4.28. The lowest BCUT2D eigenvalue weighted by Crippen LogP contribution is -2.37. The van der Waals surface area contributed by atoms with Gasteiger partial charge in [0.15, 0.2) is 5.79 Å². The summed E-state index contributed by atoms with van der Waals surface area (Å²) in [6, 6.07) is 6.61. The van der Waals surface area contributed by atoms with E-state index in [0.717, 1.165) is 38.9 Å². The SMILES string of the molecule is Cc1cc(C)cc(COC2CCC3(CC2)OCCO3)c1. The molecule has 0 amide bonds. The highest BCUT2D eigenvalue weighted by molar-refractivity contribution is 5.28. The second-order valence-electron chi connectivity index (χ2n) is 6.11. The van der Waals surface area contributed by atoms with Crippen LogP contribution in [0.4, 0.5) is 0 Å². The van der Waals surface area contributed by atoms with Gasteiger partial charge in [0.05, 0.1) is 25.9 Å². The third-order valence-corrected chi connectivity index (χ3v) is 4.28. The number of ether oxygens (including phenoxy) is 3. The molecule has 20 heavy (non-hydrogen) atoms. The maximum Gasteiger partial charge on any atom is 0.168 e. The zero-order chi connectivity index (χ0) is 14.0. The van der Waals surface area contributed by atoms with Crippen molar-refractivity contribution in [3.05, 3.63) is 34.9 Å². The zero-order valence-corrected chi connectivity index (χ0v) is 12.5. The molecular weight excluding hydrogens is 252 g/mol. The van der Waals surface area contributed by atoms with Gasteiger partial charge < -0.3 is 14.2 Å². The van der Waals surface area contributed by atoms with Crippen LogP contribution in [0.5, 0.6) is 0 Å². The average Bonchev–Trinajstić information content (AvgIpc) is 2.86. The number of hydrogen-bond acceptors (Lipinski definition) is 3. The summed E-state index contributed by atoms with van der Waals surface area (Å²) in [6.07, 6.45) is 4.33. The van der Waals surface area contributed by atoms with E-state index in [-0.39, 0.29) is 5.79 Å². The van der Waals surface area contributed by atoms with E-state index in [1.54, 1.807) is 0 Å². The van der Waals surface area contributed by atoms with Crippen molar-refractivity contribution < 1.29 is 14.2 Å². The molecule has 1 aliphatic carbocycles. The quantitative estimate of drug-likeness (QED) is 0.845. The topological polar surface area (TPSA) is 27.7 Å². The molecule has 1 saturated carbocycles. The fraction of sp³-hybridized carbons (Fsp3) is 0.647. The van der Waals surface area contributed by atoms with Gasteiger partial charge in [-0.15, -0.1) is 0 Å². The lowest BCUT2D eigenvalue weighted by atomic mass is 9.92. The van der Waals surface area contributed by atoms with Gasteiger partial charge in [-0.1, -0.05) is 29.3 Å². The molecule has 1 aromatic carbocycles. The van der Waals surface area contributed by atoms with Crippen molar-refractivity contribution in [3.8, 4) is 0 Å². The normalized spacial score (nSPS) is 22.5. The van der Waals surface area contributed by atoms with Crippen LogP contribution in [-0.2, 0) is 20.8 Å². The largest absolute Gasteiger partial charge is 0.374 e.